The molecule has 0 amide bonds. The average molecular weight is 221 g/mol. The molecular formula is C11H19N5. The van der Waals surface area contributed by atoms with Crippen molar-refractivity contribution in [2.45, 2.75) is 19.1 Å². The first-order chi connectivity index (χ1) is 7.86. The van der Waals surface area contributed by atoms with Gasteiger partial charge in [-0.2, -0.15) is 0 Å². The molecule has 0 radical (unpaired) electrons. The molecule has 2 fully saturated rings. The van der Waals surface area contributed by atoms with E-state index in [-0.39, 0.29) is 0 Å². The fraction of sp³-hybridized carbons (Fsp3) is 0.727. The van der Waals surface area contributed by atoms with Crippen molar-refractivity contribution < 1.29 is 0 Å². The van der Waals surface area contributed by atoms with E-state index in [1.165, 1.54) is 32.5 Å². The third kappa shape index (κ3) is 1.60. The van der Waals surface area contributed by atoms with Crippen molar-refractivity contribution in [1.29, 1.82) is 0 Å². The van der Waals surface area contributed by atoms with Crippen LogP contribution in [-0.4, -0.2) is 59.0 Å². The Kier molecular flexibility index (Phi) is 2.57. The zero-order valence-corrected chi connectivity index (χ0v) is 9.79. The molecule has 0 N–H and O–H groups in total. The third-order valence-electron chi connectivity index (χ3n) is 3.56. The molecule has 1 aromatic heterocycles. The van der Waals surface area contributed by atoms with Crippen LogP contribution in [-0.2, 0) is 0 Å². The van der Waals surface area contributed by atoms with Crippen molar-refractivity contribution in [2.24, 2.45) is 0 Å². The van der Waals surface area contributed by atoms with Gasteiger partial charge in [0.1, 0.15) is 6.33 Å². The van der Waals surface area contributed by atoms with Gasteiger partial charge in [0.2, 0.25) is 0 Å². The van der Waals surface area contributed by atoms with Gasteiger partial charge < -0.3 is 0 Å². The number of hydrogen-bond acceptors (Lipinski definition) is 4. The van der Waals surface area contributed by atoms with E-state index >= 15 is 0 Å². The van der Waals surface area contributed by atoms with Crippen LogP contribution in [0.3, 0.4) is 0 Å². The second-order valence-corrected chi connectivity index (χ2v) is 4.68. The predicted molar refractivity (Wildman–Crippen MR) is 62.5 cm³/mol. The van der Waals surface area contributed by atoms with Gasteiger partial charge in [-0.3, -0.25) is 19.5 Å². The van der Waals surface area contributed by atoms with Crippen LogP contribution in [0.1, 0.15) is 12.8 Å². The lowest BCUT2D eigenvalue weighted by Gasteiger charge is -2.51. The molecule has 3 rings (SSSR count). The van der Waals surface area contributed by atoms with Crippen molar-refractivity contribution in [3.63, 3.8) is 0 Å². The summed E-state index contributed by atoms with van der Waals surface area (Å²) in [6.07, 6.45) is 8.71. The van der Waals surface area contributed by atoms with Crippen LogP contribution >= 0.6 is 0 Å². The molecule has 3 heterocycles. The Balaban J connectivity index is 1.86. The minimum atomic E-state index is 0.414. The quantitative estimate of drug-likeness (QED) is 0.674. The fourth-order valence-electron chi connectivity index (χ4n) is 2.87. The van der Waals surface area contributed by atoms with Crippen LogP contribution in [0.25, 0.3) is 0 Å². The summed E-state index contributed by atoms with van der Waals surface area (Å²) in [6, 6.07) is 0. The van der Waals surface area contributed by atoms with E-state index in [2.05, 4.69) is 31.5 Å². The van der Waals surface area contributed by atoms with Crippen molar-refractivity contribution in [1.82, 2.24) is 19.5 Å². The summed E-state index contributed by atoms with van der Waals surface area (Å²) in [5.74, 6) is 0. The lowest BCUT2D eigenvalue weighted by atomic mass is 10.2. The van der Waals surface area contributed by atoms with Crippen molar-refractivity contribution >= 4 is 0 Å². The largest absolute Gasteiger partial charge is 0.281 e. The molecule has 0 aromatic carbocycles. The molecule has 1 atom stereocenters. The fourth-order valence-corrected chi connectivity index (χ4v) is 2.87. The molecule has 0 spiro atoms. The summed E-state index contributed by atoms with van der Waals surface area (Å²) < 4.78 is 2.12. The van der Waals surface area contributed by atoms with E-state index in [0.29, 0.717) is 6.29 Å². The Hall–Kier alpha value is -1.07. The summed E-state index contributed by atoms with van der Waals surface area (Å²) in [5.41, 5.74) is 0. The minimum absolute atomic E-state index is 0.414. The van der Waals surface area contributed by atoms with Crippen LogP contribution in [0, 0.1) is 0 Å². The van der Waals surface area contributed by atoms with Gasteiger partial charge in [-0.15, -0.1) is 0 Å². The van der Waals surface area contributed by atoms with E-state index in [1.807, 2.05) is 18.7 Å². The lowest BCUT2D eigenvalue weighted by molar-refractivity contribution is -0.0129. The highest BCUT2D eigenvalue weighted by atomic mass is 15.7. The highest BCUT2D eigenvalue weighted by molar-refractivity contribution is 4.99. The topological polar surface area (TPSA) is 27.5 Å². The minimum Gasteiger partial charge on any atom is -0.281 e. The Labute approximate surface area is 96.2 Å². The molecule has 5 nitrogen and oxygen atoms in total. The van der Waals surface area contributed by atoms with Crippen molar-refractivity contribution in [3.8, 4) is 0 Å². The molecule has 2 aliphatic heterocycles. The maximum Gasteiger partial charge on any atom is 0.154 e. The van der Waals surface area contributed by atoms with Crippen molar-refractivity contribution in [3.05, 3.63) is 18.7 Å². The van der Waals surface area contributed by atoms with Gasteiger partial charge in [0, 0.05) is 38.6 Å². The standard InChI is InChI=1S/C11H19N5/c1-13-5-2-6-14-7-3-8-16(11(13)14)15-9-4-12-10-15/h4,9-11H,2-3,5-8H2,1H3. The Morgan fingerprint density at radius 3 is 2.69 bits per heavy atom. The second-order valence-electron chi connectivity index (χ2n) is 4.68. The Morgan fingerprint density at radius 1 is 1.12 bits per heavy atom. The van der Waals surface area contributed by atoms with Crippen LogP contribution in [0.5, 0.6) is 0 Å². The predicted octanol–water partition coefficient (Wildman–Crippen LogP) is 0.146. The first-order valence-electron chi connectivity index (χ1n) is 6.05. The van der Waals surface area contributed by atoms with Gasteiger partial charge in [-0.1, -0.05) is 0 Å². The molecule has 0 aliphatic carbocycles. The molecular weight excluding hydrogens is 202 g/mol. The van der Waals surface area contributed by atoms with Crippen LogP contribution in [0.4, 0.5) is 0 Å². The molecule has 88 valence electrons. The number of hydrogen-bond donors (Lipinski definition) is 0. The highest BCUT2D eigenvalue weighted by Crippen LogP contribution is 2.20. The Morgan fingerprint density at radius 2 is 1.94 bits per heavy atom. The zero-order chi connectivity index (χ0) is 11.0. The number of rotatable bonds is 1. The first kappa shape index (κ1) is 10.1. The molecule has 0 bridgehead atoms. The van der Waals surface area contributed by atoms with E-state index < -0.39 is 0 Å². The van der Waals surface area contributed by atoms with Crippen LogP contribution < -0.4 is 5.01 Å². The van der Waals surface area contributed by atoms with Crippen LogP contribution in [0.2, 0.25) is 0 Å². The molecule has 16 heavy (non-hydrogen) atoms. The van der Waals surface area contributed by atoms with Gasteiger partial charge in [-0.05, 0) is 19.9 Å². The average Bonchev–Trinajstić information content (AvgIpc) is 2.82. The molecule has 5 heteroatoms. The number of aromatic nitrogens is 2. The molecule has 2 saturated heterocycles. The van der Waals surface area contributed by atoms with Gasteiger partial charge in [0.25, 0.3) is 0 Å². The number of nitrogens with zero attached hydrogens (tertiary/aromatic N) is 5. The summed E-state index contributed by atoms with van der Waals surface area (Å²) in [7, 11) is 2.21. The van der Waals surface area contributed by atoms with E-state index in [0.717, 1.165) is 6.54 Å². The highest BCUT2D eigenvalue weighted by Gasteiger charge is 2.34. The SMILES string of the molecule is CN1CCCN2CCCN(n3ccnc3)C12. The van der Waals surface area contributed by atoms with Gasteiger partial charge in [0.05, 0.1) is 0 Å². The number of fused-ring (bicyclic) bond motifs is 1. The van der Waals surface area contributed by atoms with E-state index in [1.54, 1.807) is 0 Å². The molecule has 2 aliphatic rings. The van der Waals surface area contributed by atoms with E-state index in [9.17, 15) is 0 Å². The van der Waals surface area contributed by atoms with Gasteiger partial charge >= 0.3 is 0 Å². The summed E-state index contributed by atoms with van der Waals surface area (Å²) in [5, 5.41) is 2.40. The molecule has 1 unspecified atom stereocenters. The van der Waals surface area contributed by atoms with Crippen molar-refractivity contribution in [2.75, 3.05) is 38.2 Å². The van der Waals surface area contributed by atoms with E-state index in [4.69, 9.17) is 0 Å². The second kappa shape index (κ2) is 4.07. The van der Waals surface area contributed by atoms with Gasteiger partial charge in [0.15, 0.2) is 6.29 Å². The number of imidazole rings is 1. The van der Waals surface area contributed by atoms with Gasteiger partial charge in [-0.25, -0.2) is 4.98 Å². The first-order valence-corrected chi connectivity index (χ1v) is 6.05. The molecule has 0 saturated carbocycles. The Bertz CT molecular complexity index is 334. The summed E-state index contributed by atoms with van der Waals surface area (Å²) in [4.78, 5) is 9.14. The lowest BCUT2D eigenvalue weighted by Crippen LogP contribution is -2.67. The van der Waals surface area contributed by atoms with Crippen LogP contribution in [0.15, 0.2) is 18.7 Å². The maximum absolute atomic E-state index is 4.14. The molecule has 1 aromatic rings. The summed E-state index contributed by atoms with van der Waals surface area (Å²) >= 11 is 0. The smallest absolute Gasteiger partial charge is 0.154 e. The monoisotopic (exact) mass is 221 g/mol. The normalized spacial score (nSPS) is 28.1. The third-order valence-corrected chi connectivity index (χ3v) is 3.56. The summed E-state index contributed by atoms with van der Waals surface area (Å²) in [6.45, 7) is 4.74. The zero-order valence-electron chi connectivity index (χ0n) is 9.79. The maximum atomic E-state index is 4.14.